The first-order valence-electron chi connectivity index (χ1n) is 13.6. The molecule has 1 atom stereocenters. The number of anilines is 3. The highest BCUT2D eigenvalue weighted by Gasteiger charge is 2.33. The molecule has 5 rings (SSSR count). The van der Waals surface area contributed by atoms with Gasteiger partial charge in [0.2, 0.25) is 0 Å². The van der Waals surface area contributed by atoms with Gasteiger partial charge in [0.15, 0.2) is 0 Å². The highest BCUT2D eigenvalue weighted by molar-refractivity contribution is 7.99. The Bertz CT molecular complexity index is 1750. The van der Waals surface area contributed by atoms with Gasteiger partial charge in [-0.1, -0.05) is 12.1 Å². The Morgan fingerprint density at radius 3 is 2.16 bits per heavy atom. The zero-order valence-corrected chi connectivity index (χ0v) is 25.0. The van der Waals surface area contributed by atoms with Crippen LogP contribution in [0.5, 0.6) is 11.5 Å². The van der Waals surface area contributed by atoms with Crippen molar-refractivity contribution in [2.24, 2.45) is 5.92 Å². The topological polar surface area (TPSA) is 117 Å². The van der Waals surface area contributed by atoms with Gasteiger partial charge in [0.1, 0.15) is 17.3 Å². The Balaban J connectivity index is 1.17. The number of benzene rings is 4. The zero-order valence-electron chi connectivity index (χ0n) is 23.3. The summed E-state index contributed by atoms with van der Waals surface area (Å²) >= 11 is 1.55. The van der Waals surface area contributed by atoms with Gasteiger partial charge in [-0.3, -0.25) is 4.72 Å². The monoisotopic (exact) mass is 661 g/mol. The summed E-state index contributed by atoms with van der Waals surface area (Å²) in [4.78, 5) is 13.3. The molecule has 2 amide bonds. The van der Waals surface area contributed by atoms with E-state index in [0.717, 1.165) is 53.3 Å². The standard InChI is InChI=1S/C31H27F4N3O5S2/c32-21-5-14-26(15-6-21)45(41,42)38-28-17-23(9-16-29(28)39)37-30(40)36-22-7-3-20(4-8-22)27(19-1-2-19)18-44-25-12-10-24(11-13-25)43-31(33,34)35/h3-17,19,27,38-39H,1-2,18H2,(H2,36,37,40). The summed E-state index contributed by atoms with van der Waals surface area (Å²) in [5, 5.41) is 15.5. The fourth-order valence-electron chi connectivity index (χ4n) is 4.55. The molecule has 4 N–H and O–H groups in total. The molecule has 0 heterocycles. The SMILES string of the molecule is O=C(Nc1ccc(C(CSc2ccc(OC(F)(F)F)cc2)C2CC2)cc1)Nc1ccc(O)c(NS(=O)(=O)c2ccc(F)cc2)c1. The summed E-state index contributed by atoms with van der Waals surface area (Å²) in [5.74, 6) is 0.199. The Hall–Kier alpha value is -4.43. The summed E-state index contributed by atoms with van der Waals surface area (Å²) < 4.78 is 81.9. The number of hydrogen-bond acceptors (Lipinski definition) is 6. The number of hydrogen-bond donors (Lipinski definition) is 4. The fourth-order valence-corrected chi connectivity index (χ4v) is 6.78. The second-order valence-electron chi connectivity index (χ2n) is 10.3. The number of rotatable bonds is 11. The molecular formula is C31H27F4N3O5S2. The summed E-state index contributed by atoms with van der Waals surface area (Å²) in [6.45, 7) is 0. The largest absolute Gasteiger partial charge is 0.573 e. The van der Waals surface area contributed by atoms with Crippen LogP contribution in [-0.4, -0.2) is 31.7 Å². The summed E-state index contributed by atoms with van der Waals surface area (Å²) in [6, 6.07) is 20.5. The summed E-state index contributed by atoms with van der Waals surface area (Å²) in [6.07, 6.45) is -2.57. The Morgan fingerprint density at radius 2 is 1.53 bits per heavy atom. The number of alkyl halides is 3. The average Bonchev–Trinajstić information content (AvgIpc) is 3.81. The van der Waals surface area contributed by atoms with Crippen LogP contribution in [0.2, 0.25) is 0 Å². The molecule has 8 nitrogen and oxygen atoms in total. The van der Waals surface area contributed by atoms with Crippen LogP contribution in [0.25, 0.3) is 0 Å². The number of amides is 2. The predicted molar refractivity (Wildman–Crippen MR) is 164 cm³/mol. The zero-order chi connectivity index (χ0) is 32.2. The Labute approximate surface area is 260 Å². The molecular weight excluding hydrogens is 634 g/mol. The van der Waals surface area contributed by atoms with Crippen molar-refractivity contribution in [2.75, 3.05) is 21.1 Å². The number of sulfonamides is 1. The fraction of sp³-hybridized carbons (Fsp3) is 0.194. The Kier molecular flexibility index (Phi) is 9.44. The van der Waals surface area contributed by atoms with Gasteiger partial charge < -0.3 is 20.5 Å². The van der Waals surface area contributed by atoms with E-state index in [4.69, 9.17) is 0 Å². The lowest BCUT2D eigenvalue weighted by Gasteiger charge is -2.17. The molecule has 1 unspecified atom stereocenters. The number of phenolic OH excluding ortho intramolecular Hbond substituents is 1. The first-order chi connectivity index (χ1) is 21.3. The van der Waals surface area contributed by atoms with Crippen molar-refractivity contribution < 1.29 is 40.6 Å². The van der Waals surface area contributed by atoms with Crippen LogP contribution < -0.4 is 20.1 Å². The van der Waals surface area contributed by atoms with Crippen LogP contribution in [0.3, 0.4) is 0 Å². The van der Waals surface area contributed by atoms with Gasteiger partial charge in [0.05, 0.1) is 10.6 Å². The molecule has 0 aromatic heterocycles. The number of aromatic hydroxyl groups is 1. The smallest absolute Gasteiger partial charge is 0.506 e. The number of urea groups is 1. The van der Waals surface area contributed by atoms with Gasteiger partial charge in [-0.25, -0.2) is 17.6 Å². The number of thioether (sulfide) groups is 1. The maximum absolute atomic E-state index is 13.2. The van der Waals surface area contributed by atoms with E-state index in [9.17, 15) is 35.9 Å². The molecule has 1 aliphatic rings. The van der Waals surface area contributed by atoms with Crippen LogP contribution in [-0.2, 0) is 10.0 Å². The van der Waals surface area contributed by atoms with E-state index in [1.165, 1.54) is 30.3 Å². The molecule has 0 aliphatic heterocycles. The van der Waals surface area contributed by atoms with Crippen LogP contribution in [0, 0.1) is 11.7 Å². The van der Waals surface area contributed by atoms with Crippen molar-refractivity contribution in [1.82, 2.24) is 0 Å². The van der Waals surface area contributed by atoms with Gasteiger partial charge in [-0.05, 0) is 109 Å². The Morgan fingerprint density at radius 1 is 0.911 bits per heavy atom. The predicted octanol–water partition coefficient (Wildman–Crippen LogP) is 8.16. The second-order valence-corrected chi connectivity index (χ2v) is 13.0. The molecule has 1 saturated carbocycles. The first-order valence-corrected chi connectivity index (χ1v) is 16.1. The molecule has 0 bridgehead atoms. The van der Waals surface area contributed by atoms with Crippen LogP contribution in [0.15, 0.2) is 101 Å². The number of carbonyl (C=O) groups is 1. The van der Waals surface area contributed by atoms with Crippen molar-refractivity contribution in [3.63, 3.8) is 0 Å². The molecule has 45 heavy (non-hydrogen) atoms. The summed E-state index contributed by atoms with van der Waals surface area (Å²) in [7, 11) is -4.14. The van der Waals surface area contributed by atoms with Gasteiger partial charge >= 0.3 is 12.4 Å². The van der Waals surface area contributed by atoms with Crippen molar-refractivity contribution in [1.29, 1.82) is 0 Å². The van der Waals surface area contributed by atoms with Gasteiger partial charge in [0.25, 0.3) is 10.0 Å². The minimum absolute atomic E-state index is 0.184. The number of phenols is 1. The number of halogens is 4. The van der Waals surface area contributed by atoms with Crippen LogP contribution in [0.1, 0.15) is 24.3 Å². The molecule has 1 aliphatic carbocycles. The average molecular weight is 662 g/mol. The number of nitrogens with one attached hydrogen (secondary N) is 3. The lowest BCUT2D eigenvalue weighted by atomic mass is 9.96. The van der Waals surface area contributed by atoms with Crippen molar-refractivity contribution in [3.05, 3.63) is 102 Å². The summed E-state index contributed by atoms with van der Waals surface area (Å²) in [5.41, 5.74) is 1.60. The lowest BCUT2D eigenvalue weighted by Crippen LogP contribution is -2.20. The first kappa shape index (κ1) is 32.0. The van der Waals surface area contributed by atoms with Gasteiger partial charge in [-0.15, -0.1) is 24.9 Å². The molecule has 0 radical (unpaired) electrons. The van der Waals surface area contributed by atoms with Crippen molar-refractivity contribution in [2.45, 2.75) is 34.9 Å². The third-order valence-corrected chi connectivity index (χ3v) is 9.41. The number of carbonyl (C=O) groups excluding carboxylic acids is 1. The third kappa shape index (κ3) is 9.05. The van der Waals surface area contributed by atoms with E-state index >= 15 is 0 Å². The van der Waals surface area contributed by atoms with Crippen molar-refractivity contribution >= 4 is 44.9 Å². The van der Waals surface area contributed by atoms with E-state index in [0.29, 0.717) is 11.6 Å². The minimum atomic E-state index is -4.74. The molecule has 4 aromatic carbocycles. The molecule has 0 saturated heterocycles. The lowest BCUT2D eigenvalue weighted by molar-refractivity contribution is -0.274. The molecule has 14 heteroatoms. The van der Waals surface area contributed by atoms with Crippen LogP contribution in [0.4, 0.5) is 39.4 Å². The van der Waals surface area contributed by atoms with E-state index in [-0.39, 0.29) is 33.7 Å². The number of ether oxygens (including phenoxy) is 1. The highest BCUT2D eigenvalue weighted by atomic mass is 32.2. The minimum Gasteiger partial charge on any atom is -0.506 e. The van der Waals surface area contributed by atoms with E-state index in [1.54, 1.807) is 36.0 Å². The normalized spacial score (nSPS) is 14.0. The third-order valence-electron chi connectivity index (χ3n) is 6.90. The maximum Gasteiger partial charge on any atom is 0.573 e. The van der Waals surface area contributed by atoms with Crippen molar-refractivity contribution in [3.8, 4) is 11.5 Å². The second kappa shape index (κ2) is 13.3. The van der Waals surface area contributed by atoms with E-state index in [1.807, 2.05) is 12.1 Å². The van der Waals surface area contributed by atoms with Gasteiger partial charge in [0, 0.05) is 22.0 Å². The molecule has 0 spiro atoms. The van der Waals surface area contributed by atoms with E-state index < -0.39 is 28.2 Å². The maximum atomic E-state index is 13.2. The quantitative estimate of drug-likeness (QED) is 0.0558. The highest BCUT2D eigenvalue weighted by Crippen LogP contribution is 2.45. The molecule has 236 valence electrons. The van der Waals surface area contributed by atoms with E-state index in [2.05, 4.69) is 20.1 Å². The molecule has 4 aromatic rings. The van der Waals surface area contributed by atoms with Gasteiger partial charge in [-0.2, -0.15) is 0 Å². The van der Waals surface area contributed by atoms with Crippen LogP contribution >= 0.6 is 11.8 Å². The molecule has 1 fully saturated rings.